The first kappa shape index (κ1) is 17.5. The van der Waals surface area contributed by atoms with E-state index in [0.717, 1.165) is 19.3 Å². The molecular formula is C21H31NO2. The fourth-order valence-corrected chi connectivity index (χ4v) is 5.05. The van der Waals surface area contributed by atoms with Crippen molar-refractivity contribution in [2.24, 2.45) is 11.8 Å². The first-order valence-corrected chi connectivity index (χ1v) is 9.30. The molecule has 1 amide bonds. The molecular weight excluding hydrogens is 298 g/mol. The number of hydrogen-bond acceptors (Lipinski definition) is 2. The lowest BCUT2D eigenvalue weighted by atomic mass is 9.66. The van der Waals surface area contributed by atoms with Crippen LogP contribution in [0.1, 0.15) is 69.2 Å². The maximum atomic E-state index is 11.9. The molecule has 5 atom stereocenters. The fourth-order valence-electron chi connectivity index (χ4n) is 5.05. The van der Waals surface area contributed by atoms with Crippen LogP contribution < -0.4 is 5.32 Å². The van der Waals surface area contributed by atoms with Gasteiger partial charge in [-0.2, -0.15) is 0 Å². The van der Waals surface area contributed by atoms with Crippen molar-refractivity contribution in [2.45, 2.75) is 78.0 Å². The second-order valence-corrected chi connectivity index (χ2v) is 8.30. The van der Waals surface area contributed by atoms with Gasteiger partial charge in [0, 0.05) is 24.8 Å². The Morgan fingerprint density at radius 3 is 2.54 bits per heavy atom. The van der Waals surface area contributed by atoms with Crippen LogP contribution in [0, 0.1) is 25.7 Å². The Labute approximate surface area is 146 Å². The zero-order chi connectivity index (χ0) is 17.5. The van der Waals surface area contributed by atoms with E-state index in [2.05, 4.69) is 51.2 Å². The number of fused-ring (bicyclic) bond motifs is 1. The van der Waals surface area contributed by atoms with Gasteiger partial charge in [0.05, 0.1) is 12.2 Å². The van der Waals surface area contributed by atoms with Crippen LogP contribution in [-0.4, -0.2) is 17.6 Å². The highest BCUT2D eigenvalue weighted by Gasteiger charge is 2.49. The number of benzene rings is 1. The average molecular weight is 329 g/mol. The number of ether oxygens (including phenoxy) is 1. The molecule has 2 aliphatic rings. The number of carbonyl (C=O) groups is 1. The lowest BCUT2D eigenvalue weighted by molar-refractivity contribution is -0.153. The van der Waals surface area contributed by atoms with Crippen LogP contribution >= 0.6 is 0 Å². The van der Waals surface area contributed by atoms with Crippen LogP contribution in [0.25, 0.3) is 0 Å². The molecule has 2 fully saturated rings. The summed E-state index contributed by atoms with van der Waals surface area (Å²) < 4.78 is 6.63. The maximum absolute atomic E-state index is 11.9. The third-order valence-electron chi connectivity index (χ3n) is 6.15. The monoisotopic (exact) mass is 329 g/mol. The second kappa shape index (κ2) is 6.51. The van der Waals surface area contributed by atoms with Crippen molar-refractivity contribution in [2.75, 3.05) is 0 Å². The van der Waals surface area contributed by atoms with E-state index in [-0.39, 0.29) is 23.7 Å². The van der Waals surface area contributed by atoms with Gasteiger partial charge in [0.15, 0.2) is 0 Å². The Morgan fingerprint density at radius 2 is 1.92 bits per heavy atom. The summed E-state index contributed by atoms with van der Waals surface area (Å²) in [4.78, 5) is 11.9. The Balaban J connectivity index is 1.96. The average Bonchev–Trinajstić information content (AvgIpc) is 2.45. The Hall–Kier alpha value is -1.35. The van der Waals surface area contributed by atoms with Crippen molar-refractivity contribution in [3.8, 4) is 0 Å². The first-order chi connectivity index (χ1) is 11.3. The summed E-state index contributed by atoms with van der Waals surface area (Å²) in [5, 5.41) is 3.29. The summed E-state index contributed by atoms with van der Waals surface area (Å²) in [5.74, 6) is 1.18. The van der Waals surface area contributed by atoms with Crippen molar-refractivity contribution in [1.29, 1.82) is 0 Å². The molecule has 1 aromatic rings. The molecule has 1 aliphatic heterocycles. The number of aryl methyl sites for hydroxylation is 2. The van der Waals surface area contributed by atoms with Crippen LogP contribution in [0.3, 0.4) is 0 Å². The van der Waals surface area contributed by atoms with E-state index in [1.54, 1.807) is 6.92 Å². The lowest BCUT2D eigenvalue weighted by Crippen LogP contribution is -2.60. The van der Waals surface area contributed by atoms with Crippen LogP contribution in [0.15, 0.2) is 18.2 Å². The van der Waals surface area contributed by atoms with E-state index in [9.17, 15) is 4.79 Å². The van der Waals surface area contributed by atoms with Gasteiger partial charge in [-0.3, -0.25) is 4.79 Å². The number of nitrogens with one attached hydrogen (secondary N) is 1. The third kappa shape index (κ3) is 3.23. The van der Waals surface area contributed by atoms with Gasteiger partial charge in [-0.15, -0.1) is 0 Å². The minimum absolute atomic E-state index is 0.0644. The molecule has 3 heteroatoms. The molecule has 132 valence electrons. The quantitative estimate of drug-likeness (QED) is 0.869. The van der Waals surface area contributed by atoms with Crippen molar-refractivity contribution < 1.29 is 9.53 Å². The van der Waals surface area contributed by atoms with Gasteiger partial charge in [-0.05, 0) is 56.2 Å². The topological polar surface area (TPSA) is 38.3 Å². The molecule has 1 aromatic carbocycles. The van der Waals surface area contributed by atoms with Gasteiger partial charge in [0.25, 0.3) is 0 Å². The van der Waals surface area contributed by atoms with Crippen LogP contribution in [0.5, 0.6) is 0 Å². The number of hydrogen-bond donors (Lipinski definition) is 1. The summed E-state index contributed by atoms with van der Waals surface area (Å²) in [6.45, 7) is 10.5. The fraction of sp³-hybridized carbons (Fsp3) is 0.667. The third-order valence-corrected chi connectivity index (χ3v) is 6.15. The van der Waals surface area contributed by atoms with Crippen LogP contribution in [0.4, 0.5) is 0 Å². The molecule has 1 aliphatic carbocycles. The van der Waals surface area contributed by atoms with E-state index >= 15 is 0 Å². The predicted molar refractivity (Wildman–Crippen MR) is 96.9 cm³/mol. The standard InChI is InChI=1S/C21H31NO2/c1-13-9-10-17-18(11-13)24-19(12-21(17,5)22-16(4)23)20-14(2)7-6-8-15(20)3/h6-8,13,17-19H,9-12H2,1-5H3,(H,22,23)/t13-,17-,18-,19-,21-/m1/s1. The molecule has 0 spiro atoms. The molecule has 1 N–H and O–H groups in total. The van der Waals surface area contributed by atoms with Crippen molar-refractivity contribution in [3.63, 3.8) is 0 Å². The highest BCUT2D eigenvalue weighted by molar-refractivity contribution is 5.73. The first-order valence-electron chi connectivity index (χ1n) is 9.30. The smallest absolute Gasteiger partial charge is 0.217 e. The molecule has 0 aromatic heterocycles. The highest BCUT2D eigenvalue weighted by atomic mass is 16.5. The molecule has 1 saturated heterocycles. The van der Waals surface area contributed by atoms with Gasteiger partial charge < -0.3 is 10.1 Å². The number of carbonyl (C=O) groups excluding carboxylic acids is 1. The van der Waals surface area contributed by atoms with E-state index in [1.807, 2.05) is 0 Å². The normalized spacial score (nSPS) is 36.0. The molecule has 3 nitrogen and oxygen atoms in total. The second-order valence-electron chi connectivity index (χ2n) is 8.30. The minimum atomic E-state index is -0.186. The van der Waals surface area contributed by atoms with Crippen molar-refractivity contribution >= 4 is 5.91 Å². The van der Waals surface area contributed by atoms with Gasteiger partial charge in [-0.25, -0.2) is 0 Å². The number of rotatable bonds is 2. The Morgan fingerprint density at radius 1 is 1.25 bits per heavy atom. The lowest BCUT2D eigenvalue weighted by Gasteiger charge is -2.52. The van der Waals surface area contributed by atoms with E-state index in [1.165, 1.54) is 23.1 Å². The van der Waals surface area contributed by atoms with E-state index in [4.69, 9.17) is 4.74 Å². The van der Waals surface area contributed by atoms with E-state index in [0.29, 0.717) is 11.8 Å². The summed E-state index contributed by atoms with van der Waals surface area (Å²) >= 11 is 0. The molecule has 1 saturated carbocycles. The summed E-state index contributed by atoms with van der Waals surface area (Å²) in [6, 6.07) is 6.43. The summed E-state index contributed by atoms with van der Waals surface area (Å²) in [5.41, 5.74) is 3.69. The Bertz CT molecular complexity index is 606. The van der Waals surface area contributed by atoms with Crippen LogP contribution in [-0.2, 0) is 9.53 Å². The van der Waals surface area contributed by atoms with Gasteiger partial charge >= 0.3 is 0 Å². The SMILES string of the molecule is CC(=O)N[C@]1(C)C[C@H](c2c(C)cccc2C)O[C@@H]2C[C@H](C)CC[C@H]21. The predicted octanol–water partition coefficient (Wildman–Crippen LogP) is 4.46. The van der Waals surface area contributed by atoms with Crippen molar-refractivity contribution in [3.05, 3.63) is 34.9 Å². The Kier molecular flexibility index (Phi) is 4.74. The van der Waals surface area contributed by atoms with Gasteiger partial charge in [0.2, 0.25) is 5.91 Å². The molecule has 0 unspecified atom stereocenters. The molecule has 0 radical (unpaired) electrons. The summed E-state index contributed by atoms with van der Waals surface area (Å²) in [6.07, 6.45) is 4.63. The van der Waals surface area contributed by atoms with Gasteiger partial charge in [0.1, 0.15) is 0 Å². The van der Waals surface area contributed by atoms with E-state index < -0.39 is 0 Å². The minimum Gasteiger partial charge on any atom is -0.370 e. The maximum Gasteiger partial charge on any atom is 0.217 e. The van der Waals surface area contributed by atoms with Crippen molar-refractivity contribution in [1.82, 2.24) is 5.32 Å². The zero-order valence-electron chi connectivity index (χ0n) is 15.7. The molecule has 24 heavy (non-hydrogen) atoms. The largest absolute Gasteiger partial charge is 0.370 e. The van der Waals surface area contributed by atoms with Gasteiger partial charge in [-0.1, -0.05) is 31.5 Å². The molecule has 3 rings (SSSR count). The molecule has 1 heterocycles. The van der Waals surface area contributed by atoms with Crippen LogP contribution in [0.2, 0.25) is 0 Å². The summed E-state index contributed by atoms with van der Waals surface area (Å²) in [7, 11) is 0. The molecule has 0 bridgehead atoms. The highest BCUT2D eigenvalue weighted by Crippen LogP contribution is 2.48. The number of amides is 1. The zero-order valence-corrected chi connectivity index (χ0v) is 15.7.